The Morgan fingerprint density at radius 1 is 0.410 bits per heavy atom. The van der Waals surface area contributed by atoms with E-state index in [1.807, 2.05) is 18.2 Å². The number of allylic oxidation sites excluding steroid dienone is 20. The summed E-state index contributed by atoms with van der Waals surface area (Å²) in [6.07, 6.45) is 67.3. The van der Waals surface area contributed by atoms with Crippen LogP contribution in [0.25, 0.3) is 0 Å². The molecule has 3 N–H and O–H groups in total. The standard InChI is InChI=1S/C71H114O12/c1-4-7-10-13-16-19-22-25-28-31-32-35-38-41-44-47-50-53-56-59-65(74)82-69-67(76)66(75)68(70(77)78)83-71(69)80-61-62(81-64(73)58-55-52-49-46-43-40-37-34-30-27-24-21-18-15-12-9-6-3)60-79-63(72)57-54-51-48-45-42-39-36-33-29-26-23-20-17-14-11-8-5-2/h7-8,10-11,16-17,19-20,25-30,32,35,41,44,50,53,62,66-69,71,75-76H,4-6,9,12-15,18,21-24,31,33-34,36-40,42-43,45-49,51-52,54-61H2,1-3H3,(H,77,78)/b10-7-,11-8-,19-16-,20-17-,28-25-,29-26-,30-27-,35-32-,44-41-,53-50-. The number of aliphatic hydroxyl groups is 2. The Kier molecular flexibility index (Phi) is 52.8. The number of carboxylic acid groups (broad SMARTS) is 1. The average molecular weight is 1160 g/mol. The molecule has 0 aromatic rings. The molecule has 6 unspecified atom stereocenters. The molecule has 0 saturated carbocycles. The summed E-state index contributed by atoms with van der Waals surface area (Å²) in [4.78, 5) is 51.3. The predicted octanol–water partition coefficient (Wildman–Crippen LogP) is 17.6. The highest BCUT2D eigenvalue weighted by atomic mass is 16.7. The molecule has 12 nitrogen and oxygen atoms in total. The van der Waals surface area contributed by atoms with Crippen molar-refractivity contribution in [3.8, 4) is 0 Å². The molecule has 12 heteroatoms. The van der Waals surface area contributed by atoms with Crippen LogP contribution in [0.4, 0.5) is 0 Å². The molecule has 6 atom stereocenters. The highest BCUT2D eigenvalue weighted by molar-refractivity contribution is 5.74. The maximum Gasteiger partial charge on any atom is 0.335 e. The number of esters is 3. The summed E-state index contributed by atoms with van der Waals surface area (Å²) in [7, 11) is 0. The first-order chi connectivity index (χ1) is 40.6. The Labute approximate surface area is 503 Å². The molecule has 1 aliphatic heterocycles. The number of aliphatic carboxylic acids is 1. The van der Waals surface area contributed by atoms with E-state index in [2.05, 4.69) is 124 Å². The van der Waals surface area contributed by atoms with E-state index in [0.717, 1.165) is 122 Å². The normalized spacial score (nSPS) is 18.4. The molecule has 1 heterocycles. The number of carboxylic acids is 1. The molecular formula is C71H114O12. The largest absolute Gasteiger partial charge is 0.479 e. The van der Waals surface area contributed by atoms with Gasteiger partial charge in [-0.15, -0.1) is 0 Å². The van der Waals surface area contributed by atoms with E-state index in [9.17, 15) is 34.5 Å². The number of ether oxygens (including phenoxy) is 5. The van der Waals surface area contributed by atoms with E-state index in [1.54, 1.807) is 0 Å². The highest BCUT2D eigenvalue weighted by Gasteiger charge is 2.50. The first-order valence-corrected chi connectivity index (χ1v) is 32.5. The summed E-state index contributed by atoms with van der Waals surface area (Å²) in [5.41, 5.74) is 0. The van der Waals surface area contributed by atoms with E-state index in [4.69, 9.17) is 23.7 Å². The molecule has 470 valence electrons. The van der Waals surface area contributed by atoms with Gasteiger partial charge in [0.25, 0.3) is 0 Å². The van der Waals surface area contributed by atoms with Gasteiger partial charge in [0.1, 0.15) is 18.8 Å². The van der Waals surface area contributed by atoms with Crippen molar-refractivity contribution in [3.63, 3.8) is 0 Å². The zero-order valence-corrected chi connectivity index (χ0v) is 51.9. The topological polar surface area (TPSA) is 175 Å². The molecule has 0 bridgehead atoms. The van der Waals surface area contributed by atoms with Crippen molar-refractivity contribution in [2.24, 2.45) is 0 Å². The van der Waals surface area contributed by atoms with Crippen LogP contribution in [-0.2, 0) is 42.9 Å². The second-order valence-electron chi connectivity index (χ2n) is 21.6. The number of aliphatic hydroxyl groups excluding tert-OH is 2. The van der Waals surface area contributed by atoms with Gasteiger partial charge >= 0.3 is 23.9 Å². The monoisotopic (exact) mass is 1160 g/mol. The predicted molar refractivity (Wildman–Crippen MR) is 340 cm³/mol. The summed E-state index contributed by atoms with van der Waals surface area (Å²) in [5.74, 6) is -3.25. The summed E-state index contributed by atoms with van der Waals surface area (Å²) in [6, 6.07) is 0. The third-order valence-corrected chi connectivity index (χ3v) is 14.0. The lowest BCUT2D eigenvalue weighted by Gasteiger charge is -2.40. The van der Waals surface area contributed by atoms with Crippen molar-refractivity contribution < 1.29 is 58.2 Å². The molecular weight excluding hydrogens is 1040 g/mol. The molecule has 1 aliphatic rings. The van der Waals surface area contributed by atoms with Gasteiger partial charge in [-0.05, 0) is 116 Å². The van der Waals surface area contributed by atoms with Crippen molar-refractivity contribution in [1.82, 2.24) is 0 Å². The van der Waals surface area contributed by atoms with Crippen molar-refractivity contribution in [1.29, 1.82) is 0 Å². The van der Waals surface area contributed by atoms with Crippen LogP contribution < -0.4 is 0 Å². The summed E-state index contributed by atoms with van der Waals surface area (Å²) >= 11 is 0. The van der Waals surface area contributed by atoms with Crippen LogP contribution in [0, 0.1) is 0 Å². The smallest absolute Gasteiger partial charge is 0.335 e. The Balaban J connectivity index is 2.72. The van der Waals surface area contributed by atoms with Crippen LogP contribution in [0.3, 0.4) is 0 Å². The Hall–Kier alpha value is -4.88. The lowest BCUT2D eigenvalue weighted by molar-refractivity contribution is -0.301. The van der Waals surface area contributed by atoms with Crippen LogP contribution in [0.2, 0.25) is 0 Å². The van der Waals surface area contributed by atoms with Gasteiger partial charge in [0.05, 0.1) is 6.61 Å². The molecule has 0 aromatic heterocycles. The first kappa shape index (κ1) is 76.1. The van der Waals surface area contributed by atoms with Crippen molar-refractivity contribution in [3.05, 3.63) is 122 Å². The van der Waals surface area contributed by atoms with Gasteiger partial charge in [-0.3, -0.25) is 14.4 Å². The molecule has 0 radical (unpaired) electrons. The second kappa shape index (κ2) is 57.5. The van der Waals surface area contributed by atoms with Crippen molar-refractivity contribution in [2.45, 2.75) is 289 Å². The van der Waals surface area contributed by atoms with Gasteiger partial charge in [0.15, 0.2) is 24.6 Å². The zero-order valence-electron chi connectivity index (χ0n) is 51.9. The van der Waals surface area contributed by atoms with Crippen LogP contribution in [0.1, 0.15) is 252 Å². The van der Waals surface area contributed by atoms with Gasteiger partial charge in [-0.25, -0.2) is 4.79 Å². The van der Waals surface area contributed by atoms with Gasteiger partial charge in [0.2, 0.25) is 0 Å². The molecule has 1 saturated heterocycles. The van der Waals surface area contributed by atoms with Gasteiger partial charge in [-0.1, -0.05) is 239 Å². The number of carbonyl (C=O) groups excluding carboxylic acids is 3. The van der Waals surface area contributed by atoms with E-state index >= 15 is 0 Å². The fourth-order valence-electron chi connectivity index (χ4n) is 9.11. The minimum absolute atomic E-state index is 0.0714. The lowest BCUT2D eigenvalue weighted by Crippen LogP contribution is -2.61. The summed E-state index contributed by atoms with van der Waals surface area (Å²) < 4.78 is 28.4. The third-order valence-electron chi connectivity index (χ3n) is 14.0. The highest BCUT2D eigenvalue weighted by Crippen LogP contribution is 2.26. The molecule has 0 aromatic carbocycles. The van der Waals surface area contributed by atoms with Gasteiger partial charge < -0.3 is 39.0 Å². The molecule has 0 amide bonds. The number of rotatable bonds is 54. The third kappa shape index (κ3) is 47.1. The van der Waals surface area contributed by atoms with E-state index < -0.39 is 67.3 Å². The fourth-order valence-corrected chi connectivity index (χ4v) is 9.11. The molecule has 0 spiro atoms. The SMILES string of the molecule is CC/C=C\C/C=C\C/C=C\C/C=C\C/C=C\C/C=C\CCC(=O)OC1C(OCC(COC(=O)CCCCCCCCC/C=C\C/C=C\C/C=C\CC)OC(=O)CCCCCCCCC/C=C\CCCCCCCC)OC(C(=O)O)C(O)C1O. The summed E-state index contributed by atoms with van der Waals surface area (Å²) in [5, 5.41) is 31.6. The minimum atomic E-state index is -1.94. The van der Waals surface area contributed by atoms with Gasteiger partial charge in [0, 0.05) is 19.3 Å². The second-order valence-corrected chi connectivity index (χ2v) is 21.6. The lowest BCUT2D eigenvalue weighted by atomic mass is 9.98. The first-order valence-electron chi connectivity index (χ1n) is 32.5. The molecule has 0 aliphatic carbocycles. The van der Waals surface area contributed by atoms with Crippen LogP contribution >= 0.6 is 0 Å². The number of hydrogen-bond acceptors (Lipinski definition) is 11. The van der Waals surface area contributed by atoms with Crippen molar-refractivity contribution in [2.75, 3.05) is 13.2 Å². The maximum atomic E-state index is 13.2. The van der Waals surface area contributed by atoms with E-state index in [1.165, 1.54) is 64.2 Å². The number of carbonyl (C=O) groups is 4. The van der Waals surface area contributed by atoms with E-state index in [-0.39, 0.29) is 25.9 Å². The molecule has 1 fully saturated rings. The van der Waals surface area contributed by atoms with Gasteiger partial charge in [-0.2, -0.15) is 0 Å². The number of unbranched alkanes of at least 4 members (excludes halogenated alkanes) is 20. The average Bonchev–Trinajstić information content (AvgIpc) is 3.55. The molecule has 1 rings (SSSR count). The van der Waals surface area contributed by atoms with Crippen LogP contribution in [-0.4, -0.2) is 89.2 Å². The Morgan fingerprint density at radius 3 is 1.22 bits per heavy atom. The molecule has 83 heavy (non-hydrogen) atoms. The fraction of sp³-hybridized carbons (Fsp3) is 0.662. The zero-order chi connectivity index (χ0) is 60.3. The minimum Gasteiger partial charge on any atom is -0.479 e. The quantitative estimate of drug-likeness (QED) is 0.0228. The summed E-state index contributed by atoms with van der Waals surface area (Å²) in [6.45, 7) is 5.74. The van der Waals surface area contributed by atoms with E-state index in [0.29, 0.717) is 25.7 Å². The van der Waals surface area contributed by atoms with Crippen molar-refractivity contribution >= 4 is 23.9 Å². The Morgan fingerprint density at radius 2 is 0.783 bits per heavy atom. The Bertz CT molecular complexity index is 1900. The maximum absolute atomic E-state index is 13.2. The van der Waals surface area contributed by atoms with Crippen LogP contribution in [0.15, 0.2) is 122 Å². The number of hydrogen-bond donors (Lipinski definition) is 3. The van der Waals surface area contributed by atoms with Crippen LogP contribution in [0.5, 0.6) is 0 Å².